The van der Waals surface area contributed by atoms with E-state index in [9.17, 15) is 4.79 Å². The molecule has 21 heavy (non-hydrogen) atoms. The van der Waals surface area contributed by atoms with Crippen LogP contribution in [0.4, 0.5) is 0 Å². The van der Waals surface area contributed by atoms with Gasteiger partial charge in [0, 0.05) is 26.9 Å². The summed E-state index contributed by atoms with van der Waals surface area (Å²) >= 11 is 7.47. The number of carboxylic acid groups (broad SMARTS) is 1. The Morgan fingerprint density at radius 1 is 1.19 bits per heavy atom. The van der Waals surface area contributed by atoms with Gasteiger partial charge in [0.05, 0.1) is 12.2 Å². The number of rotatable bonds is 5. The summed E-state index contributed by atoms with van der Waals surface area (Å²) in [6.45, 7) is 3.65. The molecule has 1 N–H and O–H groups in total. The van der Waals surface area contributed by atoms with Gasteiger partial charge < -0.3 is 5.11 Å². The summed E-state index contributed by atoms with van der Waals surface area (Å²) in [5.74, 6) is 0.476. The second kappa shape index (κ2) is 6.91. The van der Waals surface area contributed by atoms with E-state index in [-0.39, 0.29) is 6.42 Å². The molecule has 0 saturated heterocycles. The number of aromatic nitrogens is 2. The maximum atomic E-state index is 10.8. The third-order valence-electron chi connectivity index (χ3n) is 2.98. The van der Waals surface area contributed by atoms with Gasteiger partial charge in [-0.3, -0.25) is 4.79 Å². The number of aliphatic carboxylic acids is 1. The first kappa shape index (κ1) is 15.8. The van der Waals surface area contributed by atoms with Crippen LogP contribution in [0.3, 0.4) is 0 Å². The maximum absolute atomic E-state index is 10.8. The summed E-state index contributed by atoms with van der Waals surface area (Å²) in [6.07, 6.45) is -0.0394. The summed E-state index contributed by atoms with van der Waals surface area (Å²) in [6, 6.07) is 7.59. The molecule has 110 valence electrons. The molecule has 1 aromatic heterocycles. The molecule has 0 atom stereocenters. The van der Waals surface area contributed by atoms with Gasteiger partial charge >= 0.3 is 5.97 Å². The van der Waals surface area contributed by atoms with Gasteiger partial charge in [-0.2, -0.15) is 0 Å². The van der Waals surface area contributed by atoms with Crippen LogP contribution in [0.25, 0.3) is 0 Å². The maximum Gasteiger partial charge on any atom is 0.307 e. The van der Waals surface area contributed by atoms with Gasteiger partial charge in [-0.15, -0.1) is 11.8 Å². The summed E-state index contributed by atoms with van der Waals surface area (Å²) in [5, 5.41) is 9.60. The second-order valence-corrected chi connectivity index (χ2v) is 6.09. The Morgan fingerprint density at radius 2 is 1.76 bits per heavy atom. The molecule has 2 rings (SSSR count). The molecule has 0 radical (unpaired) electrons. The molecule has 0 unspecified atom stereocenters. The van der Waals surface area contributed by atoms with E-state index in [1.165, 1.54) is 0 Å². The van der Waals surface area contributed by atoms with Crippen molar-refractivity contribution in [3.63, 3.8) is 0 Å². The lowest BCUT2D eigenvalue weighted by Crippen LogP contribution is -2.09. The van der Waals surface area contributed by atoms with E-state index < -0.39 is 5.97 Å². The number of aryl methyl sites for hydroxylation is 2. The van der Waals surface area contributed by atoms with Crippen LogP contribution in [-0.4, -0.2) is 21.0 Å². The fourth-order valence-electron chi connectivity index (χ4n) is 1.96. The standard InChI is InChI=1S/C15H15ClN2O2S/c1-9-13(7-15(19)20)10(2)18-14(17-9)8-21-12-5-3-11(16)4-6-12/h3-6H,7-8H2,1-2H3,(H,19,20). The van der Waals surface area contributed by atoms with Crippen molar-refractivity contribution in [3.05, 3.63) is 52.1 Å². The number of hydrogen-bond acceptors (Lipinski definition) is 4. The van der Waals surface area contributed by atoms with E-state index in [0.717, 1.165) is 16.3 Å². The van der Waals surface area contributed by atoms with Crippen LogP contribution in [0.15, 0.2) is 29.2 Å². The van der Waals surface area contributed by atoms with Gasteiger partial charge in [-0.1, -0.05) is 11.6 Å². The van der Waals surface area contributed by atoms with Crippen molar-refractivity contribution < 1.29 is 9.90 Å². The molecule has 2 aromatic rings. The van der Waals surface area contributed by atoms with Crippen LogP contribution in [-0.2, 0) is 17.0 Å². The van der Waals surface area contributed by atoms with Crippen LogP contribution in [0.5, 0.6) is 0 Å². The lowest BCUT2D eigenvalue weighted by Gasteiger charge is -2.09. The van der Waals surface area contributed by atoms with Crippen LogP contribution in [0, 0.1) is 13.8 Å². The number of carboxylic acids is 1. The molecule has 0 spiro atoms. The van der Waals surface area contributed by atoms with Crippen molar-refractivity contribution in [2.24, 2.45) is 0 Å². The smallest absolute Gasteiger partial charge is 0.307 e. The highest BCUT2D eigenvalue weighted by Gasteiger charge is 2.12. The normalized spacial score (nSPS) is 10.6. The Bertz CT molecular complexity index is 636. The third-order valence-corrected chi connectivity index (χ3v) is 4.24. The molecule has 1 aromatic carbocycles. The van der Waals surface area contributed by atoms with Crippen molar-refractivity contribution in [1.29, 1.82) is 0 Å². The van der Waals surface area contributed by atoms with Crippen LogP contribution in [0.2, 0.25) is 5.02 Å². The molecule has 0 fully saturated rings. The Balaban J connectivity index is 2.10. The third kappa shape index (κ3) is 4.44. The first-order valence-electron chi connectivity index (χ1n) is 6.39. The van der Waals surface area contributed by atoms with Gasteiger partial charge in [0.1, 0.15) is 5.82 Å². The minimum absolute atomic E-state index is 0.0394. The van der Waals surface area contributed by atoms with Gasteiger partial charge in [-0.25, -0.2) is 9.97 Å². The van der Waals surface area contributed by atoms with Crippen molar-refractivity contribution in [3.8, 4) is 0 Å². The molecule has 0 bridgehead atoms. The lowest BCUT2D eigenvalue weighted by atomic mass is 10.1. The van der Waals surface area contributed by atoms with Crippen LogP contribution >= 0.6 is 23.4 Å². The lowest BCUT2D eigenvalue weighted by molar-refractivity contribution is -0.136. The molecule has 0 aliphatic rings. The largest absolute Gasteiger partial charge is 0.481 e. The van der Waals surface area contributed by atoms with E-state index >= 15 is 0 Å². The number of hydrogen-bond donors (Lipinski definition) is 1. The van der Waals surface area contributed by atoms with Crippen LogP contribution in [0.1, 0.15) is 22.8 Å². The molecule has 0 saturated carbocycles. The molecule has 1 heterocycles. The van der Waals surface area contributed by atoms with E-state index in [0.29, 0.717) is 22.2 Å². The Labute approximate surface area is 132 Å². The quantitative estimate of drug-likeness (QED) is 0.851. The van der Waals surface area contributed by atoms with Crippen molar-refractivity contribution in [1.82, 2.24) is 9.97 Å². The number of benzene rings is 1. The predicted molar refractivity (Wildman–Crippen MR) is 83.9 cm³/mol. The summed E-state index contributed by atoms with van der Waals surface area (Å²) in [4.78, 5) is 20.7. The van der Waals surface area contributed by atoms with Crippen molar-refractivity contribution in [2.45, 2.75) is 30.9 Å². The molecule has 0 aliphatic heterocycles. The first-order chi connectivity index (χ1) is 9.95. The minimum atomic E-state index is -0.868. The highest BCUT2D eigenvalue weighted by atomic mass is 35.5. The molecular formula is C15H15ClN2O2S. The number of nitrogens with zero attached hydrogens (tertiary/aromatic N) is 2. The Hall–Kier alpha value is -1.59. The SMILES string of the molecule is Cc1nc(CSc2ccc(Cl)cc2)nc(C)c1CC(=O)O. The van der Waals surface area contributed by atoms with E-state index in [2.05, 4.69) is 9.97 Å². The van der Waals surface area contributed by atoms with Crippen LogP contribution < -0.4 is 0 Å². The van der Waals surface area contributed by atoms with Gasteiger partial charge in [0.2, 0.25) is 0 Å². The first-order valence-corrected chi connectivity index (χ1v) is 7.75. The monoisotopic (exact) mass is 322 g/mol. The predicted octanol–water partition coefficient (Wildman–Crippen LogP) is 3.67. The Morgan fingerprint density at radius 3 is 2.29 bits per heavy atom. The van der Waals surface area contributed by atoms with E-state index in [1.54, 1.807) is 11.8 Å². The van der Waals surface area contributed by atoms with E-state index in [1.807, 2.05) is 38.1 Å². The summed E-state index contributed by atoms with van der Waals surface area (Å²) in [5.41, 5.74) is 2.16. The summed E-state index contributed by atoms with van der Waals surface area (Å²) < 4.78 is 0. The molecule has 0 aliphatic carbocycles. The average molecular weight is 323 g/mol. The zero-order valence-electron chi connectivity index (χ0n) is 11.8. The minimum Gasteiger partial charge on any atom is -0.481 e. The highest BCUT2D eigenvalue weighted by Crippen LogP contribution is 2.23. The highest BCUT2D eigenvalue weighted by molar-refractivity contribution is 7.98. The van der Waals surface area contributed by atoms with Crippen molar-refractivity contribution >= 4 is 29.3 Å². The number of thioether (sulfide) groups is 1. The zero-order chi connectivity index (χ0) is 15.4. The fourth-order valence-corrected chi connectivity index (χ4v) is 2.84. The second-order valence-electron chi connectivity index (χ2n) is 4.60. The molecule has 4 nitrogen and oxygen atoms in total. The molecule has 0 amide bonds. The topological polar surface area (TPSA) is 63.1 Å². The van der Waals surface area contributed by atoms with Crippen molar-refractivity contribution in [2.75, 3.05) is 0 Å². The van der Waals surface area contributed by atoms with Gasteiger partial charge in [0.25, 0.3) is 0 Å². The zero-order valence-corrected chi connectivity index (χ0v) is 13.3. The van der Waals surface area contributed by atoms with E-state index in [4.69, 9.17) is 16.7 Å². The molecular weight excluding hydrogens is 308 g/mol. The average Bonchev–Trinajstić information content (AvgIpc) is 2.42. The number of carbonyl (C=O) groups is 1. The Kier molecular flexibility index (Phi) is 5.20. The van der Waals surface area contributed by atoms with Gasteiger partial charge in [-0.05, 0) is 38.1 Å². The number of halogens is 1. The fraction of sp³-hybridized carbons (Fsp3) is 0.267. The van der Waals surface area contributed by atoms with Gasteiger partial charge in [0.15, 0.2) is 0 Å². The summed E-state index contributed by atoms with van der Waals surface area (Å²) in [7, 11) is 0. The molecule has 6 heteroatoms.